The van der Waals surface area contributed by atoms with Crippen LogP contribution in [0.5, 0.6) is 0 Å². The van der Waals surface area contributed by atoms with Crippen molar-refractivity contribution in [2.24, 2.45) is 5.10 Å². The van der Waals surface area contributed by atoms with Crippen molar-refractivity contribution in [2.45, 2.75) is 18.7 Å². The average molecular weight is 522 g/mol. The van der Waals surface area contributed by atoms with Gasteiger partial charge in [-0.2, -0.15) is 5.10 Å². The van der Waals surface area contributed by atoms with E-state index in [4.69, 9.17) is 11.6 Å². The minimum absolute atomic E-state index is 0.0693. The molecule has 0 aliphatic carbocycles. The van der Waals surface area contributed by atoms with Crippen molar-refractivity contribution in [1.29, 1.82) is 0 Å². The first-order chi connectivity index (χ1) is 17.3. The average Bonchev–Trinajstić information content (AvgIpc) is 3.16. The first kappa shape index (κ1) is 25.2. The van der Waals surface area contributed by atoms with E-state index in [0.717, 1.165) is 26.9 Å². The topological polar surface area (TPSA) is 96.7 Å². The summed E-state index contributed by atoms with van der Waals surface area (Å²) in [5.41, 5.74) is 6.38. The van der Waals surface area contributed by atoms with Crippen LogP contribution < -0.4 is 9.73 Å². The number of rotatable bonds is 8. The van der Waals surface area contributed by atoms with E-state index in [2.05, 4.69) is 20.1 Å². The van der Waals surface area contributed by atoms with Gasteiger partial charge in [-0.25, -0.2) is 13.8 Å². The van der Waals surface area contributed by atoms with E-state index in [1.165, 1.54) is 30.7 Å². The normalized spacial score (nSPS) is 11.5. The molecular formula is C26H24ClN5O3S. The first-order valence-electron chi connectivity index (χ1n) is 11.0. The van der Waals surface area contributed by atoms with Crippen LogP contribution in [0.15, 0.2) is 95.2 Å². The highest BCUT2D eigenvalue weighted by atomic mass is 35.5. The molecule has 8 nitrogen and oxygen atoms in total. The first-order valence-corrected chi connectivity index (χ1v) is 12.8. The summed E-state index contributed by atoms with van der Waals surface area (Å²) in [6, 6.07) is 20.5. The summed E-state index contributed by atoms with van der Waals surface area (Å²) in [7, 11) is -4.00. The number of nitrogens with one attached hydrogen (secondary N) is 1. The van der Waals surface area contributed by atoms with E-state index < -0.39 is 22.5 Å². The molecule has 2 heterocycles. The van der Waals surface area contributed by atoms with Crippen LogP contribution in [0.1, 0.15) is 17.0 Å². The number of nitrogens with zero attached hydrogens (tertiary/aromatic N) is 4. The number of carbonyl (C=O) groups is 1. The van der Waals surface area contributed by atoms with E-state index in [1.807, 2.05) is 44.2 Å². The Labute approximate surface area is 214 Å². The van der Waals surface area contributed by atoms with E-state index in [9.17, 15) is 13.2 Å². The Kier molecular flexibility index (Phi) is 7.52. The van der Waals surface area contributed by atoms with Crippen molar-refractivity contribution < 1.29 is 13.2 Å². The third-order valence-corrected chi connectivity index (χ3v) is 7.54. The minimum atomic E-state index is -4.00. The molecule has 1 N–H and O–H groups in total. The molecule has 0 saturated heterocycles. The molecule has 0 saturated carbocycles. The molecule has 36 heavy (non-hydrogen) atoms. The number of benzene rings is 2. The number of carbonyl (C=O) groups excluding carboxylic acids is 1. The monoisotopic (exact) mass is 521 g/mol. The van der Waals surface area contributed by atoms with Crippen LogP contribution in [0.2, 0.25) is 5.02 Å². The van der Waals surface area contributed by atoms with Gasteiger partial charge >= 0.3 is 0 Å². The van der Waals surface area contributed by atoms with Gasteiger partial charge in [0.25, 0.3) is 15.9 Å². The van der Waals surface area contributed by atoms with Crippen LogP contribution in [0.3, 0.4) is 0 Å². The highest BCUT2D eigenvalue weighted by Crippen LogP contribution is 2.23. The molecule has 1 amide bonds. The van der Waals surface area contributed by atoms with Crippen molar-refractivity contribution in [3.8, 4) is 5.69 Å². The smallest absolute Gasteiger partial charge is 0.264 e. The molecule has 0 radical (unpaired) electrons. The van der Waals surface area contributed by atoms with E-state index in [-0.39, 0.29) is 10.6 Å². The largest absolute Gasteiger partial charge is 0.318 e. The lowest BCUT2D eigenvalue weighted by Crippen LogP contribution is -2.39. The minimum Gasteiger partial charge on any atom is -0.318 e. The summed E-state index contributed by atoms with van der Waals surface area (Å²) in [5.74, 6) is -0.596. The quantitative estimate of drug-likeness (QED) is 0.273. The highest BCUT2D eigenvalue weighted by Gasteiger charge is 2.27. The zero-order valence-electron chi connectivity index (χ0n) is 19.7. The SMILES string of the molecule is Cc1cc(/C=N\NC(=O)CN(c2cccnc2)S(=O)(=O)c2ccccc2)c(C)n1-c1ccc(Cl)cc1. The second kappa shape index (κ2) is 10.8. The number of hydrogen-bond donors (Lipinski definition) is 1. The predicted octanol–water partition coefficient (Wildman–Crippen LogP) is 4.49. The summed E-state index contributed by atoms with van der Waals surface area (Å²) in [6.07, 6.45) is 4.46. The maximum absolute atomic E-state index is 13.3. The molecule has 0 spiro atoms. The molecular weight excluding hydrogens is 498 g/mol. The number of aromatic nitrogens is 2. The zero-order chi connectivity index (χ0) is 25.7. The second-order valence-electron chi connectivity index (χ2n) is 7.97. The van der Waals surface area contributed by atoms with Crippen LogP contribution >= 0.6 is 11.6 Å². The lowest BCUT2D eigenvalue weighted by molar-refractivity contribution is -0.119. The molecule has 0 fully saturated rings. The van der Waals surface area contributed by atoms with Crippen LogP contribution in [0, 0.1) is 13.8 Å². The summed E-state index contributed by atoms with van der Waals surface area (Å²) in [6.45, 7) is 3.45. The molecule has 2 aromatic heterocycles. The van der Waals surface area contributed by atoms with Crippen molar-refractivity contribution in [3.05, 3.63) is 107 Å². The molecule has 2 aromatic carbocycles. The second-order valence-corrected chi connectivity index (χ2v) is 10.3. The van der Waals surface area contributed by atoms with Gasteiger partial charge < -0.3 is 4.57 Å². The van der Waals surface area contributed by atoms with E-state index in [0.29, 0.717) is 5.02 Å². The van der Waals surface area contributed by atoms with Gasteiger partial charge in [-0.05, 0) is 68.4 Å². The van der Waals surface area contributed by atoms with Gasteiger partial charge in [0.05, 0.1) is 23.0 Å². The number of anilines is 1. The third-order valence-electron chi connectivity index (χ3n) is 5.50. The molecule has 0 aliphatic rings. The van der Waals surface area contributed by atoms with Crippen molar-refractivity contribution in [3.63, 3.8) is 0 Å². The highest BCUT2D eigenvalue weighted by molar-refractivity contribution is 7.92. The fourth-order valence-corrected chi connectivity index (χ4v) is 5.34. The number of amides is 1. The number of hydrazone groups is 1. The number of sulfonamides is 1. The van der Waals surface area contributed by atoms with E-state index in [1.54, 1.807) is 30.3 Å². The van der Waals surface area contributed by atoms with Gasteiger partial charge in [0.1, 0.15) is 6.54 Å². The van der Waals surface area contributed by atoms with Gasteiger partial charge in [-0.1, -0.05) is 29.8 Å². The molecule has 4 rings (SSSR count). The summed E-state index contributed by atoms with van der Waals surface area (Å²) >= 11 is 6.00. The Morgan fingerprint density at radius 1 is 1.08 bits per heavy atom. The Hall–Kier alpha value is -3.95. The molecule has 4 aromatic rings. The van der Waals surface area contributed by atoms with Crippen molar-refractivity contribution in [1.82, 2.24) is 15.0 Å². The van der Waals surface area contributed by atoms with Crippen LogP contribution in [-0.2, 0) is 14.8 Å². The summed E-state index contributed by atoms with van der Waals surface area (Å²) < 4.78 is 29.6. The van der Waals surface area contributed by atoms with Crippen LogP contribution in [-0.4, -0.2) is 36.6 Å². The molecule has 184 valence electrons. The Morgan fingerprint density at radius 2 is 1.81 bits per heavy atom. The van der Waals surface area contributed by atoms with Crippen LogP contribution in [0.25, 0.3) is 5.69 Å². The zero-order valence-corrected chi connectivity index (χ0v) is 21.2. The molecule has 0 bridgehead atoms. The van der Waals surface area contributed by atoms with Crippen LogP contribution in [0.4, 0.5) is 5.69 Å². The Balaban J connectivity index is 1.52. The van der Waals surface area contributed by atoms with Gasteiger partial charge in [0, 0.05) is 33.9 Å². The van der Waals surface area contributed by atoms with Crippen molar-refractivity contribution in [2.75, 3.05) is 10.8 Å². The standard InChI is InChI=1S/C26H24ClN5O3S/c1-19-15-21(20(2)32(19)23-12-10-22(27)11-13-23)16-29-30-26(33)18-31(24-7-6-14-28-17-24)36(34,35)25-8-4-3-5-9-25/h3-17H,18H2,1-2H3,(H,30,33)/b29-16-. The van der Waals surface area contributed by atoms with E-state index >= 15 is 0 Å². The van der Waals surface area contributed by atoms with Gasteiger partial charge in [-0.15, -0.1) is 0 Å². The lowest BCUT2D eigenvalue weighted by Gasteiger charge is -2.23. The maximum Gasteiger partial charge on any atom is 0.264 e. The molecule has 10 heteroatoms. The van der Waals surface area contributed by atoms with Gasteiger partial charge in [0.15, 0.2) is 0 Å². The number of aryl methyl sites for hydroxylation is 1. The van der Waals surface area contributed by atoms with Gasteiger partial charge in [-0.3, -0.25) is 14.1 Å². The number of halogens is 1. The summed E-state index contributed by atoms with van der Waals surface area (Å²) in [4.78, 5) is 16.8. The maximum atomic E-state index is 13.3. The fourth-order valence-electron chi connectivity index (χ4n) is 3.78. The molecule has 0 atom stereocenters. The predicted molar refractivity (Wildman–Crippen MR) is 141 cm³/mol. The molecule has 0 unspecified atom stereocenters. The van der Waals surface area contributed by atoms with Crippen molar-refractivity contribution >= 4 is 39.4 Å². The lowest BCUT2D eigenvalue weighted by atomic mass is 10.2. The number of pyridine rings is 1. The van der Waals surface area contributed by atoms with Gasteiger partial charge in [0.2, 0.25) is 0 Å². The fraction of sp³-hybridized carbons (Fsp3) is 0.115. The summed E-state index contributed by atoms with van der Waals surface area (Å²) in [5, 5.41) is 4.72. The number of hydrogen-bond acceptors (Lipinski definition) is 5. The Morgan fingerprint density at radius 3 is 2.47 bits per heavy atom. The molecule has 0 aliphatic heterocycles. The third kappa shape index (κ3) is 5.48. The Bertz CT molecular complexity index is 1490.